The third-order valence-electron chi connectivity index (χ3n) is 2.01. The molecule has 0 aliphatic carbocycles. The summed E-state index contributed by atoms with van der Waals surface area (Å²) in [6, 6.07) is 3.75. The van der Waals surface area contributed by atoms with Crippen LogP contribution in [0.5, 0.6) is 5.75 Å². The Bertz CT molecular complexity index is 440. The Morgan fingerprint density at radius 3 is 2.54 bits per heavy atom. The van der Waals surface area contributed by atoms with Crippen LogP contribution in [0.1, 0.15) is 5.56 Å². The van der Waals surface area contributed by atoms with Crippen molar-refractivity contribution in [1.29, 1.82) is 0 Å². The Morgan fingerprint density at radius 2 is 1.77 bits per heavy atom. The molecule has 0 spiro atoms. The number of hydrogen-bond acceptors (Lipinski definition) is 3. The largest absolute Gasteiger partial charge is 0.494 e. The maximum atomic E-state index is 5.18. The van der Waals surface area contributed by atoms with Gasteiger partial charge in [0.2, 0.25) is 0 Å². The van der Waals surface area contributed by atoms with Gasteiger partial charge < -0.3 is 4.74 Å². The fraction of sp³-hybridized carbons (Fsp3) is 0.200. The van der Waals surface area contributed by atoms with Gasteiger partial charge in [-0.15, -0.1) is 0 Å². The molecule has 0 N–H and O–H groups in total. The molecule has 0 bridgehead atoms. The zero-order chi connectivity index (χ0) is 9.26. The van der Waals surface area contributed by atoms with E-state index in [0.717, 1.165) is 22.3 Å². The van der Waals surface area contributed by atoms with Crippen LogP contribution in [0.25, 0.3) is 11.0 Å². The van der Waals surface area contributed by atoms with E-state index in [1.807, 2.05) is 19.1 Å². The van der Waals surface area contributed by atoms with Crippen LogP contribution in [-0.4, -0.2) is 17.1 Å². The molecule has 0 saturated heterocycles. The van der Waals surface area contributed by atoms with Crippen LogP contribution in [-0.2, 0) is 0 Å². The normalized spacial score (nSPS) is 10.3. The smallest absolute Gasteiger partial charge is 0.148 e. The highest BCUT2D eigenvalue weighted by Crippen LogP contribution is 2.22. The Kier molecular flexibility index (Phi) is 1.85. The molecule has 13 heavy (non-hydrogen) atoms. The Balaban J connectivity index is 2.84. The summed E-state index contributed by atoms with van der Waals surface area (Å²) in [6.07, 6.45) is 3.50. The second-order valence-electron chi connectivity index (χ2n) is 2.84. The fourth-order valence-electron chi connectivity index (χ4n) is 1.32. The van der Waals surface area contributed by atoms with Crippen molar-refractivity contribution in [3.63, 3.8) is 0 Å². The molecule has 2 heterocycles. The number of rotatable bonds is 1. The maximum Gasteiger partial charge on any atom is 0.148 e. The molecule has 3 heteroatoms. The minimum atomic E-state index is 0.772. The fourth-order valence-corrected chi connectivity index (χ4v) is 1.32. The van der Waals surface area contributed by atoms with Crippen molar-refractivity contribution >= 4 is 11.0 Å². The van der Waals surface area contributed by atoms with Crippen LogP contribution in [0.2, 0.25) is 0 Å². The zero-order valence-corrected chi connectivity index (χ0v) is 7.61. The lowest BCUT2D eigenvalue weighted by Crippen LogP contribution is -1.90. The number of pyridine rings is 2. The zero-order valence-electron chi connectivity index (χ0n) is 7.61. The number of ether oxygens (including phenoxy) is 1. The molecule has 0 radical (unpaired) electrons. The van der Waals surface area contributed by atoms with Crippen molar-refractivity contribution < 1.29 is 4.74 Å². The lowest BCUT2D eigenvalue weighted by Gasteiger charge is -2.04. The standard InChI is InChI=1S/C10H10N2O/c1-7-3-5-12-10-8(13-2)4-6-11-9(7)10/h3-6H,1-2H3. The number of fused-ring (bicyclic) bond motifs is 1. The van der Waals surface area contributed by atoms with E-state index < -0.39 is 0 Å². The highest BCUT2D eigenvalue weighted by Gasteiger charge is 2.03. The number of nitrogens with zero attached hydrogens (tertiary/aromatic N) is 2. The predicted octanol–water partition coefficient (Wildman–Crippen LogP) is 1.95. The lowest BCUT2D eigenvalue weighted by atomic mass is 10.2. The molecule has 2 aromatic rings. The van der Waals surface area contributed by atoms with Gasteiger partial charge in [-0.3, -0.25) is 9.97 Å². The summed E-state index contributed by atoms with van der Waals surface area (Å²) in [7, 11) is 1.64. The first kappa shape index (κ1) is 7.98. The van der Waals surface area contributed by atoms with Crippen molar-refractivity contribution in [3.05, 3.63) is 30.1 Å². The summed E-state index contributed by atoms with van der Waals surface area (Å²) in [5.41, 5.74) is 2.84. The molecule has 0 aromatic carbocycles. The molecule has 0 aliphatic rings. The van der Waals surface area contributed by atoms with Crippen LogP contribution in [0.15, 0.2) is 24.5 Å². The molecule has 3 nitrogen and oxygen atoms in total. The number of aryl methyl sites for hydroxylation is 1. The molecule has 0 unspecified atom stereocenters. The van der Waals surface area contributed by atoms with Crippen LogP contribution in [0, 0.1) is 6.92 Å². The van der Waals surface area contributed by atoms with Crippen molar-refractivity contribution in [1.82, 2.24) is 9.97 Å². The Hall–Kier alpha value is -1.64. The van der Waals surface area contributed by atoms with E-state index in [-0.39, 0.29) is 0 Å². The summed E-state index contributed by atoms with van der Waals surface area (Å²) < 4.78 is 5.18. The summed E-state index contributed by atoms with van der Waals surface area (Å²) >= 11 is 0. The predicted molar refractivity (Wildman–Crippen MR) is 50.8 cm³/mol. The second-order valence-corrected chi connectivity index (χ2v) is 2.84. The Labute approximate surface area is 76.4 Å². The SMILES string of the molecule is COc1ccnc2c(C)ccnc12. The molecular weight excluding hydrogens is 164 g/mol. The van der Waals surface area contributed by atoms with Crippen molar-refractivity contribution in [2.24, 2.45) is 0 Å². The first-order valence-electron chi connectivity index (χ1n) is 4.07. The molecule has 0 aliphatic heterocycles. The van der Waals surface area contributed by atoms with Crippen LogP contribution >= 0.6 is 0 Å². The topological polar surface area (TPSA) is 35.0 Å². The first-order chi connectivity index (χ1) is 6.33. The van der Waals surface area contributed by atoms with Crippen molar-refractivity contribution in [2.75, 3.05) is 7.11 Å². The third-order valence-corrected chi connectivity index (χ3v) is 2.01. The second kappa shape index (κ2) is 3.01. The number of aromatic nitrogens is 2. The quantitative estimate of drug-likeness (QED) is 0.662. The Morgan fingerprint density at radius 1 is 1.08 bits per heavy atom. The summed E-state index contributed by atoms with van der Waals surface area (Å²) in [6.45, 7) is 2.01. The van der Waals surface area contributed by atoms with Crippen molar-refractivity contribution in [2.45, 2.75) is 6.92 Å². The molecule has 0 amide bonds. The van der Waals surface area contributed by atoms with Gasteiger partial charge in [0.1, 0.15) is 11.3 Å². The van der Waals surface area contributed by atoms with Gasteiger partial charge in [-0.25, -0.2) is 0 Å². The van der Waals surface area contributed by atoms with Gasteiger partial charge >= 0.3 is 0 Å². The molecular formula is C10H10N2O. The minimum Gasteiger partial charge on any atom is -0.494 e. The maximum absolute atomic E-state index is 5.18. The van der Waals surface area contributed by atoms with E-state index in [0.29, 0.717) is 0 Å². The monoisotopic (exact) mass is 174 g/mol. The molecule has 2 aromatic heterocycles. The minimum absolute atomic E-state index is 0.772. The van der Waals surface area contributed by atoms with E-state index in [4.69, 9.17) is 4.74 Å². The third kappa shape index (κ3) is 1.22. The number of hydrogen-bond donors (Lipinski definition) is 0. The van der Waals surface area contributed by atoms with Gasteiger partial charge in [0, 0.05) is 18.5 Å². The van der Waals surface area contributed by atoms with E-state index in [9.17, 15) is 0 Å². The number of methoxy groups -OCH3 is 1. The molecule has 66 valence electrons. The van der Waals surface area contributed by atoms with E-state index >= 15 is 0 Å². The van der Waals surface area contributed by atoms with Crippen LogP contribution < -0.4 is 4.74 Å². The van der Waals surface area contributed by atoms with Crippen molar-refractivity contribution in [3.8, 4) is 5.75 Å². The lowest BCUT2D eigenvalue weighted by molar-refractivity contribution is 0.418. The molecule has 0 saturated carbocycles. The average molecular weight is 174 g/mol. The summed E-state index contributed by atoms with van der Waals surface area (Å²) in [5, 5.41) is 0. The van der Waals surface area contributed by atoms with E-state index in [1.54, 1.807) is 19.5 Å². The van der Waals surface area contributed by atoms with Gasteiger partial charge in [0.25, 0.3) is 0 Å². The van der Waals surface area contributed by atoms with Gasteiger partial charge in [0.15, 0.2) is 0 Å². The highest BCUT2D eigenvalue weighted by molar-refractivity contribution is 5.82. The summed E-state index contributed by atoms with van der Waals surface area (Å²) in [5.74, 6) is 0.772. The van der Waals surface area contributed by atoms with Gasteiger partial charge in [-0.2, -0.15) is 0 Å². The van der Waals surface area contributed by atoms with Gasteiger partial charge in [-0.05, 0) is 18.6 Å². The molecule has 0 fully saturated rings. The molecule has 0 atom stereocenters. The highest BCUT2D eigenvalue weighted by atomic mass is 16.5. The van der Waals surface area contributed by atoms with Gasteiger partial charge in [0.05, 0.1) is 12.6 Å². The van der Waals surface area contributed by atoms with E-state index in [2.05, 4.69) is 9.97 Å². The van der Waals surface area contributed by atoms with Gasteiger partial charge in [-0.1, -0.05) is 0 Å². The molecule has 2 rings (SSSR count). The van der Waals surface area contributed by atoms with Crippen LogP contribution in [0.4, 0.5) is 0 Å². The van der Waals surface area contributed by atoms with Crippen LogP contribution in [0.3, 0.4) is 0 Å². The van der Waals surface area contributed by atoms with E-state index in [1.165, 1.54) is 0 Å². The summed E-state index contributed by atoms with van der Waals surface area (Å²) in [4.78, 5) is 8.47. The first-order valence-corrected chi connectivity index (χ1v) is 4.07. The average Bonchev–Trinajstić information content (AvgIpc) is 2.18.